The van der Waals surface area contributed by atoms with Crippen molar-refractivity contribution in [2.24, 2.45) is 0 Å². The number of halogens is 1. The molecule has 0 saturated carbocycles. The Labute approximate surface area is 131 Å². The Hall–Kier alpha value is -2.21. The number of hydrogen-bond donors (Lipinski definition) is 2. The maximum Gasteiger partial charge on any atom is 0.259 e. The fourth-order valence-electron chi connectivity index (χ4n) is 1.84. The van der Waals surface area contributed by atoms with Crippen molar-refractivity contribution in [2.75, 3.05) is 25.3 Å². The van der Waals surface area contributed by atoms with E-state index in [9.17, 15) is 4.79 Å². The standard InChI is InChI=1S/C15H15BrN2O3/c1-20-13-6-3-9(17)7-11(13)15(19)18-10-4-5-12(16)14(8-10)21-2/h3-8H,17H2,1-2H3,(H,18,19). The number of carbonyl (C=O) groups excluding carboxylic acids is 1. The molecule has 110 valence electrons. The highest BCUT2D eigenvalue weighted by Gasteiger charge is 2.13. The van der Waals surface area contributed by atoms with Crippen LogP contribution in [0.5, 0.6) is 11.5 Å². The molecule has 0 heterocycles. The minimum Gasteiger partial charge on any atom is -0.496 e. The summed E-state index contributed by atoms with van der Waals surface area (Å²) >= 11 is 3.36. The van der Waals surface area contributed by atoms with Crippen molar-refractivity contribution in [1.29, 1.82) is 0 Å². The molecule has 0 atom stereocenters. The topological polar surface area (TPSA) is 73.6 Å². The number of benzene rings is 2. The summed E-state index contributed by atoms with van der Waals surface area (Å²) in [4.78, 5) is 12.3. The van der Waals surface area contributed by atoms with Gasteiger partial charge in [-0.2, -0.15) is 0 Å². The van der Waals surface area contributed by atoms with E-state index in [1.807, 2.05) is 0 Å². The average molecular weight is 351 g/mol. The Morgan fingerprint density at radius 1 is 1.10 bits per heavy atom. The number of nitrogens with one attached hydrogen (secondary N) is 1. The Kier molecular flexibility index (Phi) is 4.70. The number of nitrogen functional groups attached to an aromatic ring is 1. The number of methoxy groups -OCH3 is 2. The van der Waals surface area contributed by atoms with E-state index in [0.29, 0.717) is 28.4 Å². The van der Waals surface area contributed by atoms with Gasteiger partial charge in [0.1, 0.15) is 11.5 Å². The van der Waals surface area contributed by atoms with Crippen LogP contribution in [0.4, 0.5) is 11.4 Å². The molecule has 0 spiro atoms. The third-order valence-corrected chi connectivity index (χ3v) is 3.53. The zero-order chi connectivity index (χ0) is 15.4. The van der Waals surface area contributed by atoms with Crippen molar-refractivity contribution in [3.8, 4) is 11.5 Å². The second-order valence-corrected chi connectivity index (χ2v) is 5.12. The van der Waals surface area contributed by atoms with Crippen molar-refractivity contribution < 1.29 is 14.3 Å². The molecule has 0 unspecified atom stereocenters. The van der Waals surface area contributed by atoms with Gasteiger partial charge in [0, 0.05) is 17.4 Å². The molecule has 0 fully saturated rings. The van der Waals surface area contributed by atoms with E-state index in [2.05, 4.69) is 21.2 Å². The van der Waals surface area contributed by atoms with Gasteiger partial charge in [0.25, 0.3) is 5.91 Å². The molecular weight excluding hydrogens is 336 g/mol. The second-order valence-electron chi connectivity index (χ2n) is 4.26. The largest absolute Gasteiger partial charge is 0.496 e. The first-order chi connectivity index (χ1) is 10.0. The summed E-state index contributed by atoms with van der Waals surface area (Å²) in [6.45, 7) is 0. The van der Waals surface area contributed by atoms with E-state index in [1.165, 1.54) is 7.11 Å². The van der Waals surface area contributed by atoms with Crippen LogP contribution in [-0.4, -0.2) is 20.1 Å². The number of hydrogen-bond acceptors (Lipinski definition) is 4. The van der Waals surface area contributed by atoms with Crippen molar-refractivity contribution in [1.82, 2.24) is 0 Å². The summed E-state index contributed by atoms with van der Waals surface area (Å²) in [5.41, 5.74) is 7.20. The van der Waals surface area contributed by atoms with Crippen LogP contribution >= 0.6 is 15.9 Å². The van der Waals surface area contributed by atoms with E-state index >= 15 is 0 Å². The van der Waals surface area contributed by atoms with E-state index in [0.717, 1.165) is 4.47 Å². The Morgan fingerprint density at radius 3 is 2.48 bits per heavy atom. The minimum absolute atomic E-state index is 0.302. The normalized spacial score (nSPS) is 10.0. The van der Waals surface area contributed by atoms with Crippen LogP contribution in [0.25, 0.3) is 0 Å². The molecule has 3 N–H and O–H groups in total. The molecule has 2 aromatic carbocycles. The highest BCUT2D eigenvalue weighted by Crippen LogP contribution is 2.29. The molecule has 0 aliphatic rings. The van der Waals surface area contributed by atoms with Crippen LogP contribution in [0.1, 0.15) is 10.4 Å². The first-order valence-electron chi connectivity index (χ1n) is 6.13. The Morgan fingerprint density at radius 2 is 1.81 bits per heavy atom. The zero-order valence-corrected chi connectivity index (χ0v) is 13.2. The second kappa shape index (κ2) is 6.49. The van der Waals surface area contributed by atoms with Gasteiger partial charge in [-0.15, -0.1) is 0 Å². The number of rotatable bonds is 4. The number of carbonyl (C=O) groups is 1. The predicted molar refractivity (Wildman–Crippen MR) is 86.1 cm³/mol. The predicted octanol–water partition coefficient (Wildman–Crippen LogP) is 3.30. The van der Waals surface area contributed by atoms with E-state index in [4.69, 9.17) is 15.2 Å². The number of anilines is 2. The third-order valence-electron chi connectivity index (χ3n) is 2.88. The molecule has 2 rings (SSSR count). The lowest BCUT2D eigenvalue weighted by Crippen LogP contribution is -2.13. The molecule has 6 heteroatoms. The van der Waals surface area contributed by atoms with Gasteiger partial charge in [0.05, 0.1) is 24.3 Å². The third kappa shape index (κ3) is 3.46. The lowest BCUT2D eigenvalue weighted by molar-refractivity contribution is 0.102. The minimum atomic E-state index is -0.302. The molecule has 2 aromatic rings. The average Bonchev–Trinajstić information content (AvgIpc) is 2.49. The molecule has 0 bridgehead atoms. The maximum atomic E-state index is 12.3. The van der Waals surface area contributed by atoms with E-state index in [1.54, 1.807) is 43.5 Å². The number of amides is 1. The molecule has 0 aliphatic carbocycles. The lowest BCUT2D eigenvalue weighted by Gasteiger charge is -2.11. The van der Waals surface area contributed by atoms with Crippen LogP contribution in [0.15, 0.2) is 40.9 Å². The first kappa shape index (κ1) is 15.2. The SMILES string of the molecule is COc1cc(NC(=O)c2cc(N)ccc2OC)ccc1Br. The maximum absolute atomic E-state index is 12.3. The van der Waals surface area contributed by atoms with Crippen LogP contribution in [0.2, 0.25) is 0 Å². The summed E-state index contributed by atoms with van der Waals surface area (Å²) in [5, 5.41) is 2.79. The smallest absolute Gasteiger partial charge is 0.259 e. The van der Waals surface area contributed by atoms with Gasteiger partial charge in [-0.25, -0.2) is 0 Å². The summed E-state index contributed by atoms with van der Waals surface area (Å²) in [6, 6.07) is 10.2. The van der Waals surface area contributed by atoms with Crippen LogP contribution in [0, 0.1) is 0 Å². The summed E-state index contributed by atoms with van der Waals surface area (Å²) in [7, 11) is 3.07. The monoisotopic (exact) mass is 350 g/mol. The van der Waals surface area contributed by atoms with Gasteiger partial charge in [-0.1, -0.05) is 0 Å². The molecule has 0 saturated heterocycles. The highest BCUT2D eigenvalue weighted by atomic mass is 79.9. The highest BCUT2D eigenvalue weighted by molar-refractivity contribution is 9.10. The van der Waals surface area contributed by atoms with Gasteiger partial charge in [0.2, 0.25) is 0 Å². The van der Waals surface area contributed by atoms with Gasteiger partial charge in [-0.3, -0.25) is 4.79 Å². The fourth-order valence-corrected chi connectivity index (χ4v) is 2.25. The number of ether oxygens (including phenoxy) is 2. The molecule has 0 aliphatic heterocycles. The summed E-state index contributed by atoms with van der Waals surface area (Å²) in [6.07, 6.45) is 0. The van der Waals surface area contributed by atoms with Crippen LogP contribution < -0.4 is 20.5 Å². The van der Waals surface area contributed by atoms with Gasteiger partial charge in [-0.05, 0) is 46.3 Å². The zero-order valence-electron chi connectivity index (χ0n) is 11.6. The first-order valence-corrected chi connectivity index (χ1v) is 6.93. The Bertz CT molecular complexity index is 674. The molecular formula is C15H15BrN2O3. The molecule has 0 radical (unpaired) electrons. The van der Waals surface area contributed by atoms with E-state index in [-0.39, 0.29) is 5.91 Å². The van der Waals surface area contributed by atoms with Crippen LogP contribution in [-0.2, 0) is 0 Å². The van der Waals surface area contributed by atoms with Crippen molar-refractivity contribution >= 4 is 33.2 Å². The quantitative estimate of drug-likeness (QED) is 0.829. The van der Waals surface area contributed by atoms with E-state index < -0.39 is 0 Å². The van der Waals surface area contributed by atoms with Crippen molar-refractivity contribution in [3.63, 3.8) is 0 Å². The van der Waals surface area contributed by atoms with Crippen molar-refractivity contribution in [2.45, 2.75) is 0 Å². The summed E-state index contributed by atoms with van der Waals surface area (Å²) in [5.74, 6) is 0.793. The molecule has 21 heavy (non-hydrogen) atoms. The molecule has 1 amide bonds. The Balaban J connectivity index is 2.28. The van der Waals surface area contributed by atoms with Crippen molar-refractivity contribution in [3.05, 3.63) is 46.4 Å². The molecule has 0 aromatic heterocycles. The number of nitrogens with two attached hydrogens (primary N) is 1. The van der Waals surface area contributed by atoms with Gasteiger partial charge >= 0.3 is 0 Å². The lowest BCUT2D eigenvalue weighted by atomic mass is 10.1. The van der Waals surface area contributed by atoms with Gasteiger partial charge < -0.3 is 20.5 Å². The molecule has 5 nitrogen and oxygen atoms in total. The van der Waals surface area contributed by atoms with Crippen LogP contribution in [0.3, 0.4) is 0 Å². The van der Waals surface area contributed by atoms with Gasteiger partial charge in [0.15, 0.2) is 0 Å². The fraction of sp³-hybridized carbons (Fsp3) is 0.133. The summed E-state index contributed by atoms with van der Waals surface area (Å²) < 4.78 is 11.2.